The van der Waals surface area contributed by atoms with Crippen LogP contribution in [-0.4, -0.2) is 42.1 Å². The number of rotatable bonds is 3. The minimum atomic E-state index is -0.0690. The summed E-state index contributed by atoms with van der Waals surface area (Å²) in [4.78, 5) is 13.8. The maximum Gasteiger partial charge on any atom is 0.321 e. The van der Waals surface area contributed by atoms with Gasteiger partial charge in [0.25, 0.3) is 0 Å². The van der Waals surface area contributed by atoms with Gasteiger partial charge in [-0.25, -0.2) is 4.79 Å². The second kappa shape index (κ2) is 6.91. The van der Waals surface area contributed by atoms with Crippen LogP contribution in [0.3, 0.4) is 0 Å². The van der Waals surface area contributed by atoms with E-state index in [0.717, 1.165) is 24.6 Å². The van der Waals surface area contributed by atoms with Gasteiger partial charge in [-0.05, 0) is 25.1 Å². The third kappa shape index (κ3) is 3.94. The first kappa shape index (κ1) is 14.3. The fourth-order valence-corrected chi connectivity index (χ4v) is 2.96. The lowest BCUT2D eigenvalue weighted by Crippen LogP contribution is -2.40. The molecule has 1 heterocycles. The number of thioether (sulfide) groups is 1. The Morgan fingerprint density at radius 2 is 2.21 bits per heavy atom. The molecule has 6 heteroatoms. The van der Waals surface area contributed by atoms with Crippen LogP contribution in [0.4, 0.5) is 10.5 Å². The standard InChI is InChI=1S/C13H17ClN2O2S/c1-2-18-12-4-3-10(9-11(12)14)15-13(17)16-5-7-19-8-6-16/h3-4,9H,2,5-8H2,1H3,(H,15,17). The van der Waals surface area contributed by atoms with Gasteiger partial charge in [0.2, 0.25) is 0 Å². The van der Waals surface area contributed by atoms with Crippen molar-refractivity contribution in [3.8, 4) is 5.75 Å². The molecule has 1 aliphatic heterocycles. The summed E-state index contributed by atoms with van der Waals surface area (Å²) in [6.07, 6.45) is 0. The van der Waals surface area contributed by atoms with Crippen LogP contribution in [0.15, 0.2) is 18.2 Å². The molecule has 1 N–H and O–H groups in total. The van der Waals surface area contributed by atoms with E-state index in [1.807, 2.05) is 23.6 Å². The number of hydrogen-bond donors (Lipinski definition) is 1. The topological polar surface area (TPSA) is 41.6 Å². The van der Waals surface area contributed by atoms with Crippen molar-refractivity contribution < 1.29 is 9.53 Å². The van der Waals surface area contributed by atoms with Crippen LogP contribution in [0.5, 0.6) is 5.75 Å². The molecule has 0 aliphatic carbocycles. The van der Waals surface area contributed by atoms with Gasteiger partial charge in [0, 0.05) is 30.3 Å². The maximum absolute atomic E-state index is 12.0. The van der Waals surface area contributed by atoms with E-state index in [0.29, 0.717) is 23.1 Å². The van der Waals surface area contributed by atoms with E-state index in [9.17, 15) is 4.79 Å². The minimum Gasteiger partial charge on any atom is -0.492 e. The van der Waals surface area contributed by atoms with Gasteiger partial charge in [-0.3, -0.25) is 0 Å². The van der Waals surface area contributed by atoms with Crippen molar-refractivity contribution in [3.63, 3.8) is 0 Å². The monoisotopic (exact) mass is 300 g/mol. The number of hydrogen-bond acceptors (Lipinski definition) is 3. The first-order valence-electron chi connectivity index (χ1n) is 6.26. The molecule has 1 aromatic rings. The molecule has 0 spiro atoms. The van der Waals surface area contributed by atoms with E-state index in [-0.39, 0.29) is 6.03 Å². The number of carbonyl (C=O) groups excluding carboxylic acids is 1. The van der Waals surface area contributed by atoms with E-state index in [2.05, 4.69) is 5.32 Å². The third-order valence-corrected chi connectivity index (χ3v) is 4.02. The lowest BCUT2D eigenvalue weighted by molar-refractivity contribution is 0.217. The molecule has 0 saturated carbocycles. The molecule has 0 atom stereocenters. The number of anilines is 1. The summed E-state index contributed by atoms with van der Waals surface area (Å²) in [6, 6.07) is 5.21. The van der Waals surface area contributed by atoms with E-state index in [4.69, 9.17) is 16.3 Å². The maximum atomic E-state index is 12.0. The average molecular weight is 301 g/mol. The van der Waals surface area contributed by atoms with Gasteiger partial charge in [-0.1, -0.05) is 11.6 Å². The molecule has 0 aromatic heterocycles. The number of urea groups is 1. The lowest BCUT2D eigenvalue weighted by Gasteiger charge is -2.26. The summed E-state index contributed by atoms with van der Waals surface area (Å²) in [5.41, 5.74) is 0.691. The zero-order valence-corrected chi connectivity index (χ0v) is 12.4. The lowest BCUT2D eigenvalue weighted by atomic mass is 10.3. The van der Waals surface area contributed by atoms with Gasteiger partial charge in [0.05, 0.1) is 11.6 Å². The number of halogens is 1. The van der Waals surface area contributed by atoms with Crippen molar-refractivity contribution in [3.05, 3.63) is 23.2 Å². The summed E-state index contributed by atoms with van der Waals surface area (Å²) < 4.78 is 5.36. The third-order valence-electron chi connectivity index (χ3n) is 2.78. The Morgan fingerprint density at radius 3 is 2.84 bits per heavy atom. The highest BCUT2D eigenvalue weighted by molar-refractivity contribution is 7.99. The van der Waals surface area contributed by atoms with Crippen LogP contribution in [0.25, 0.3) is 0 Å². The zero-order chi connectivity index (χ0) is 13.7. The molecule has 1 saturated heterocycles. The Bertz CT molecular complexity index is 450. The molecule has 0 unspecified atom stereocenters. The van der Waals surface area contributed by atoms with E-state index in [1.54, 1.807) is 18.2 Å². The smallest absolute Gasteiger partial charge is 0.321 e. The summed E-state index contributed by atoms with van der Waals surface area (Å²) >= 11 is 7.96. The van der Waals surface area contributed by atoms with Crippen molar-refractivity contribution in [1.82, 2.24) is 4.90 Å². The molecule has 19 heavy (non-hydrogen) atoms. The van der Waals surface area contributed by atoms with Gasteiger partial charge < -0.3 is 15.0 Å². The van der Waals surface area contributed by atoms with Crippen molar-refractivity contribution in [1.29, 1.82) is 0 Å². The quantitative estimate of drug-likeness (QED) is 0.931. The van der Waals surface area contributed by atoms with Gasteiger partial charge >= 0.3 is 6.03 Å². The van der Waals surface area contributed by atoms with Gasteiger partial charge in [-0.15, -0.1) is 0 Å². The number of benzene rings is 1. The predicted molar refractivity (Wildman–Crippen MR) is 80.5 cm³/mol. The highest BCUT2D eigenvalue weighted by Crippen LogP contribution is 2.27. The van der Waals surface area contributed by atoms with E-state index >= 15 is 0 Å². The summed E-state index contributed by atoms with van der Waals surface area (Å²) in [6.45, 7) is 4.06. The van der Waals surface area contributed by atoms with Gasteiger partial charge in [0.1, 0.15) is 5.75 Å². The Labute approximate surface area is 122 Å². The van der Waals surface area contributed by atoms with Crippen molar-refractivity contribution in [2.75, 3.05) is 36.5 Å². The van der Waals surface area contributed by atoms with Crippen LogP contribution in [-0.2, 0) is 0 Å². The normalized spacial score (nSPS) is 15.2. The Kier molecular flexibility index (Phi) is 5.22. The SMILES string of the molecule is CCOc1ccc(NC(=O)N2CCSCC2)cc1Cl. The Balaban J connectivity index is 1.98. The van der Waals surface area contributed by atoms with Crippen molar-refractivity contribution in [2.45, 2.75) is 6.92 Å². The molecule has 0 radical (unpaired) electrons. The fourth-order valence-electron chi connectivity index (χ4n) is 1.82. The van der Waals surface area contributed by atoms with Crippen LogP contribution in [0, 0.1) is 0 Å². The predicted octanol–water partition coefficient (Wildman–Crippen LogP) is 3.32. The van der Waals surface area contributed by atoms with Crippen LogP contribution in [0.2, 0.25) is 5.02 Å². The second-order valence-electron chi connectivity index (χ2n) is 4.11. The summed E-state index contributed by atoms with van der Waals surface area (Å²) in [5.74, 6) is 2.63. The van der Waals surface area contributed by atoms with Crippen LogP contribution >= 0.6 is 23.4 Å². The molecule has 4 nitrogen and oxygen atoms in total. The van der Waals surface area contributed by atoms with Gasteiger partial charge in [0.15, 0.2) is 0 Å². The van der Waals surface area contributed by atoms with Crippen molar-refractivity contribution in [2.24, 2.45) is 0 Å². The molecule has 1 aromatic carbocycles. The van der Waals surface area contributed by atoms with E-state index < -0.39 is 0 Å². The minimum absolute atomic E-state index is 0.0690. The first-order valence-corrected chi connectivity index (χ1v) is 7.80. The Hall–Kier alpha value is -1.07. The largest absolute Gasteiger partial charge is 0.492 e. The number of nitrogens with zero attached hydrogens (tertiary/aromatic N) is 1. The van der Waals surface area contributed by atoms with Crippen LogP contribution in [0.1, 0.15) is 6.92 Å². The summed E-state index contributed by atoms with van der Waals surface area (Å²) in [5, 5.41) is 3.37. The van der Waals surface area contributed by atoms with Crippen LogP contribution < -0.4 is 10.1 Å². The molecule has 2 amide bonds. The number of amides is 2. The molecule has 1 aliphatic rings. The Morgan fingerprint density at radius 1 is 1.47 bits per heavy atom. The average Bonchev–Trinajstić information content (AvgIpc) is 2.43. The second-order valence-corrected chi connectivity index (χ2v) is 5.74. The molecular formula is C13H17ClN2O2S. The first-order chi connectivity index (χ1) is 9.20. The van der Waals surface area contributed by atoms with E-state index in [1.165, 1.54) is 0 Å². The van der Waals surface area contributed by atoms with Crippen molar-refractivity contribution >= 4 is 35.1 Å². The van der Waals surface area contributed by atoms with Gasteiger partial charge in [-0.2, -0.15) is 11.8 Å². The molecule has 2 rings (SSSR count). The highest BCUT2D eigenvalue weighted by atomic mass is 35.5. The number of carbonyl (C=O) groups is 1. The molecule has 1 fully saturated rings. The fraction of sp³-hybridized carbons (Fsp3) is 0.462. The number of ether oxygens (including phenoxy) is 1. The molecule has 0 bridgehead atoms. The molecular weight excluding hydrogens is 284 g/mol. The highest BCUT2D eigenvalue weighted by Gasteiger charge is 2.16. The summed E-state index contributed by atoms with van der Waals surface area (Å²) in [7, 11) is 0. The number of nitrogens with one attached hydrogen (secondary N) is 1. The molecule has 104 valence electrons. The zero-order valence-electron chi connectivity index (χ0n) is 10.8.